The highest BCUT2D eigenvalue weighted by atomic mass is 32.2. The van der Waals surface area contributed by atoms with Crippen molar-refractivity contribution in [1.29, 1.82) is 0 Å². The molecule has 0 spiro atoms. The van der Waals surface area contributed by atoms with E-state index in [2.05, 4.69) is 23.9 Å². The molecule has 6 heteroatoms. The normalized spacial score (nSPS) is 24.2. The van der Waals surface area contributed by atoms with E-state index in [0.29, 0.717) is 11.0 Å². The number of rotatable bonds is 7. The van der Waals surface area contributed by atoms with E-state index in [1.54, 1.807) is 0 Å². The predicted molar refractivity (Wildman–Crippen MR) is 67.1 cm³/mol. The summed E-state index contributed by atoms with van der Waals surface area (Å²) >= 11 is 0. The fraction of sp³-hybridized carbons (Fsp3) is 0.636. The molecule has 1 heterocycles. The third-order valence-electron chi connectivity index (χ3n) is 2.91. The summed E-state index contributed by atoms with van der Waals surface area (Å²) in [5.41, 5.74) is 0. The molecule has 1 rings (SSSR count). The van der Waals surface area contributed by atoms with Gasteiger partial charge in [-0.05, 0) is 13.0 Å². The summed E-state index contributed by atoms with van der Waals surface area (Å²) in [6, 6.07) is 0. The van der Waals surface area contributed by atoms with Crippen molar-refractivity contribution in [2.24, 2.45) is 0 Å². The van der Waals surface area contributed by atoms with E-state index in [1.165, 1.54) is 7.11 Å². The van der Waals surface area contributed by atoms with Gasteiger partial charge in [0.2, 0.25) is 0 Å². The topological polar surface area (TPSA) is 46.6 Å². The van der Waals surface area contributed by atoms with Crippen LogP contribution < -0.4 is 0 Å². The van der Waals surface area contributed by atoms with Gasteiger partial charge in [0.15, 0.2) is 6.67 Å². The Morgan fingerprint density at radius 2 is 2.29 bits per heavy atom. The molecule has 17 heavy (non-hydrogen) atoms. The first-order chi connectivity index (χ1) is 7.97. The second kappa shape index (κ2) is 5.66. The molecule has 0 aliphatic carbocycles. The van der Waals surface area contributed by atoms with Crippen LogP contribution in [0.4, 0.5) is 0 Å². The lowest BCUT2D eigenvalue weighted by Crippen LogP contribution is -2.41. The lowest BCUT2D eigenvalue weighted by Gasteiger charge is -2.28. The highest BCUT2D eigenvalue weighted by Gasteiger charge is 2.29. The molecular formula is C11H21N2O3S+. The molecule has 98 valence electrons. The minimum Gasteiger partial charge on any atom is -0.325 e. The Labute approximate surface area is 104 Å². The molecule has 0 fully saturated rings. The van der Waals surface area contributed by atoms with Gasteiger partial charge in [0.25, 0.3) is 10.1 Å². The van der Waals surface area contributed by atoms with Crippen molar-refractivity contribution in [2.45, 2.75) is 13.3 Å². The van der Waals surface area contributed by atoms with Crippen molar-refractivity contribution in [2.75, 3.05) is 32.6 Å². The minimum absolute atomic E-state index is 0.0110. The first-order valence-corrected chi connectivity index (χ1v) is 7.26. The Kier molecular flexibility index (Phi) is 4.73. The molecule has 0 aromatic heterocycles. The molecule has 0 N–H and O–H groups in total. The van der Waals surface area contributed by atoms with E-state index < -0.39 is 10.1 Å². The summed E-state index contributed by atoms with van der Waals surface area (Å²) in [6.45, 7) is 8.14. The highest BCUT2D eigenvalue weighted by molar-refractivity contribution is 7.86. The van der Waals surface area contributed by atoms with Gasteiger partial charge in [-0.15, -0.1) is 0 Å². The lowest BCUT2D eigenvalue weighted by atomic mass is 10.4. The maximum Gasteiger partial charge on any atom is 0.268 e. The van der Waals surface area contributed by atoms with E-state index in [0.717, 1.165) is 19.6 Å². The second-order valence-electron chi connectivity index (χ2n) is 4.19. The number of hydrogen-bond donors (Lipinski definition) is 0. The fourth-order valence-corrected chi connectivity index (χ4v) is 2.51. The molecule has 1 unspecified atom stereocenters. The zero-order valence-corrected chi connectivity index (χ0v) is 11.3. The monoisotopic (exact) mass is 261 g/mol. The number of nitrogens with zero attached hydrogens (tertiary/aromatic N) is 2. The number of hydrogen-bond acceptors (Lipinski definition) is 4. The van der Waals surface area contributed by atoms with Crippen LogP contribution in [0.1, 0.15) is 13.3 Å². The Bertz CT molecular complexity index is 392. The maximum absolute atomic E-state index is 11.2. The Balaban J connectivity index is 2.52. The van der Waals surface area contributed by atoms with Gasteiger partial charge in [0.05, 0.1) is 31.8 Å². The number of quaternary nitrogens is 1. The summed E-state index contributed by atoms with van der Waals surface area (Å²) in [6.07, 6.45) is 6.93. The molecule has 0 aromatic rings. The van der Waals surface area contributed by atoms with Gasteiger partial charge >= 0.3 is 0 Å². The molecule has 1 aliphatic rings. The zero-order chi connectivity index (χ0) is 12.9. The van der Waals surface area contributed by atoms with Crippen LogP contribution in [0.15, 0.2) is 25.2 Å². The third-order valence-corrected chi connectivity index (χ3v) is 4.10. The van der Waals surface area contributed by atoms with E-state index in [1.807, 2.05) is 17.3 Å². The quantitative estimate of drug-likeness (QED) is 0.508. The van der Waals surface area contributed by atoms with E-state index in [4.69, 9.17) is 0 Å². The van der Waals surface area contributed by atoms with Crippen LogP contribution >= 0.6 is 0 Å². The first-order valence-electron chi connectivity index (χ1n) is 5.69. The van der Waals surface area contributed by atoms with Gasteiger partial charge in [0, 0.05) is 6.54 Å². The van der Waals surface area contributed by atoms with Crippen molar-refractivity contribution in [3.8, 4) is 0 Å². The maximum atomic E-state index is 11.2. The van der Waals surface area contributed by atoms with Crippen molar-refractivity contribution in [3.63, 3.8) is 0 Å². The summed E-state index contributed by atoms with van der Waals surface area (Å²) in [5, 5.41) is 0. The molecule has 1 atom stereocenters. The first kappa shape index (κ1) is 14.2. The average molecular weight is 261 g/mol. The predicted octanol–water partition coefficient (Wildman–Crippen LogP) is 1.08. The van der Waals surface area contributed by atoms with Gasteiger partial charge in [0.1, 0.15) is 6.20 Å². The molecule has 0 saturated carbocycles. The average Bonchev–Trinajstić information content (AvgIpc) is 2.72. The van der Waals surface area contributed by atoms with Crippen molar-refractivity contribution in [1.82, 2.24) is 4.90 Å². The SMILES string of the molecule is C=C[N+]1(CCC)C=CN(CCS(=O)(=O)OC)C1. The summed E-state index contributed by atoms with van der Waals surface area (Å²) < 4.78 is 27.5. The van der Waals surface area contributed by atoms with E-state index in [9.17, 15) is 8.42 Å². The zero-order valence-electron chi connectivity index (χ0n) is 10.5. The third kappa shape index (κ3) is 3.83. The summed E-state index contributed by atoms with van der Waals surface area (Å²) in [7, 11) is -2.18. The summed E-state index contributed by atoms with van der Waals surface area (Å²) in [5.74, 6) is 0.0110. The second-order valence-corrected chi connectivity index (χ2v) is 6.05. The van der Waals surface area contributed by atoms with Crippen LogP contribution in [-0.4, -0.2) is 50.4 Å². The van der Waals surface area contributed by atoms with Crippen molar-refractivity contribution in [3.05, 3.63) is 25.2 Å². The molecule has 5 nitrogen and oxygen atoms in total. The fourth-order valence-electron chi connectivity index (χ4n) is 1.89. The smallest absolute Gasteiger partial charge is 0.268 e. The molecule has 0 bridgehead atoms. The van der Waals surface area contributed by atoms with Crippen LogP contribution in [0, 0.1) is 0 Å². The van der Waals surface area contributed by atoms with Crippen LogP contribution in [0.2, 0.25) is 0 Å². The molecule has 0 amide bonds. The minimum atomic E-state index is -3.37. The van der Waals surface area contributed by atoms with Gasteiger partial charge in [-0.2, -0.15) is 8.42 Å². The van der Waals surface area contributed by atoms with Gasteiger partial charge < -0.3 is 4.90 Å². The molecule has 0 radical (unpaired) electrons. The lowest BCUT2D eigenvalue weighted by molar-refractivity contribution is -0.830. The molecular weight excluding hydrogens is 240 g/mol. The van der Waals surface area contributed by atoms with E-state index in [-0.39, 0.29) is 5.75 Å². The van der Waals surface area contributed by atoms with Gasteiger partial charge in [-0.1, -0.05) is 6.92 Å². The van der Waals surface area contributed by atoms with Gasteiger partial charge in [-0.3, -0.25) is 8.67 Å². The molecule has 0 aromatic carbocycles. The van der Waals surface area contributed by atoms with E-state index >= 15 is 0 Å². The molecule has 1 aliphatic heterocycles. The van der Waals surface area contributed by atoms with Crippen LogP contribution in [0.5, 0.6) is 0 Å². The Morgan fingerprint density at radius 1 is 1.59 bits per heavy atom. The van der Waals surface area contributed by atoms with Crippen molar-refractivity contribution >= 4 is 10.1 Å². The van der Waals surface area contributed by atoms with Crippen LogP contribution in [0.3, 0.4) is 0 Å². The summed E-state index contributed by atoms with van der Waals surface area (Å²) in [4.78, 5) is 1.98. The van der Waals surface area contributed by atoms with Crippen LogP contribution in [-0.2, 0) is 14.3 Å². The highest BCUT2D eigenvalue weighted by Crippen LogP contribution is 2.19. The standard InChI is InChI=1S/C11H21N2O3S/c1-4-8-13(5-2)9-6-12(11-13)7-10-17(14,15)16-3/h5-6,9H,2,4,7-8,10-11H2,1,3H3/q+1. The van der Waals surface area contributed by atoms with Gasteiger partial charge in [-0.25, -0.2) is 0 Å². The largest absolute Gasteiger partial charge is 0.325 e. The Hall–Kier alpha value is -0.850. The Morgan fingerprint density at radius 3 is 2.82 bits per heavy atom. The van der Waals surface area contributed by atoms with Crippen molar-refractivity contribution < 1.29 is 17.1 Å². The molecule has 0 saturated heterocycles. The van der Waals surface area contributed by atoms with Crippen LogP contribution in [0.25, 0.3) is 0 Å².